The van der Waals surface area contributed by atoms with Gasteiger partial charge in [-0.15, -0.1) is 11.3 Å². The Balaban J connectivity index is 2.09. The number of amides is 1. The topological polar surface area (TPSA) is 79.2 Å². The highest BCUT2D eigenvalue weighted by molar-refractivity contribution is 7.18. The standard InChI is InChI=1S/C14H16N2O3S/c1-19-12(17)10-5-6-11(20-10)16-13(18)14(9-15)7-3-2-4-8-14/h5-6H,2-4,7-8H2,1H3,(H,16,18). The van der Waals surface area contributed by atoms with Crippen LogP contribution in [-0.2, 0) is 9.53 Å². The molecule has 0 aromatic carbocycles. The van der Waals surface area contributed by atoms with Crippen molar-refractivity contribution < 1.29 is 14.3 Å². The SMILES string of the molecule is COC(=O)c1ccc(NC(=O)C2(C#N)CCCCC2)s1. The van der Waals surface area contributed by atoms with E-state index in [1.54, 1.807) is 12.1 Å². The van der Waals surface area contributed by atoms with Gasteiger partial charge in [-0.05, 0) is 25.0 Å². The zero-order valence-electron chi connectivity index (χ0n) is 11.3. The van der Waals surface area contributed by atoms with E-state index in [2.05, 4.69) is 16.1 Å². The summed E-state index contributed by atoms with van der Waals surface area (Å²) in [5.41, 5.74) is -0.923. The fraction of sp³-hybridized carbons (Fsp3) is 0.500. The van der Waals surface area contributed by atoms with Gasteiger partial charge in [-0.3, -0.25) is 4.79 Å². The number of nitrogens with one attached hydrogen (secondary N) is 1. The Hall–Kier alpha value is -1.87. The zero-order valence-corrected chi connectivity index (χ0v) is 12.1. The van der Waals surface area contributed by atoms with E-state index in [1.165, 1.54) is 7.11 Å². The van der Waals surface area contributed by atoms with Gasteiger partial charge in [0.05, 0.1) is 18.2 Å². The molecule has 106 valence electrons. The van der Waals surface area contributed by atoms with Crippen LogP contribution in [0.25, 0.3) is 0 Å². The number of esters is 1. The van der Waals surface area contributed by atoms with Crippen molar-refractivity contribution in [3.05, 3.63) is 17.0 Å². The van der Waals surface area contributed by atoms with Crippen LogP contribution in [0.1, 0.15) is 41.8 Å². The predicted molar refractivity (Wildman–Crippen MR) is 75.4 cm³/mol. The summed E-state index contributed by atoms with van der Waals surface area (Å²) in [6, 6.07) is 5.44. The number of ether oxygens (including phenoxy) is 1. The molecule has 1 N–H and O–H groups in total. The molecule has 1 amide bonds. The van der Waals surface area contributed by atoms with Gasteiger partial charge in [-0.2, -0.15) is 5.26 Å². The van der Waals surface area contributed by atoms with Crippen molar-refractivity contribution in [2.75, 3.05) is 12.4 Å². The molecule has 0 atom stereocenters. The quantitative estimate of drug-likeness (QED) is 0.869. The van der Waals surface area contributed by atoms with Gasteiger partial charge in [0.2, 0.25) is 5.91 Å². The molecule has 5 nitrogen and oxygen atoms in total. The molecule has 6 heteroatoms. The molecule has 1 aromatic rings. The molecule has 2 rings (SSSR count). The first-order valence-electron chi connectivity index (χ1n) is 6.52. The molecule has 0 saturated heterocycles. The highest BCUT2D eigenvalue weighted by Crippen LogP contribution is 2.37. The summed E-state index contributed by atoms with van der Waals surface area (Å²) in [4.78, 5) is 24.1. The summed E-state index contributed by atoms with van der Waals surface area (Å²) in [5.74, 6) is -0.693. The maximum Gasteiger partial charge on any atom is 0.348 e. The number of thiophene rings is 1. The summed E-state index contributed by atoms with van der Waals surface area (Å²) in [6.45, 7) is 0. The molecule has 0 spiro atoms. The maximum absolute atomic E-state index is 12.3. The number of hydrogen-bond acceptors (Lipinski definition) is 5. The molecule has 1 heterocycles. The Morgan fingerprint density at radius 2 is 2.05 bits per heavy atom. The first-order valence-corrected chi connectivity index (χ1v) is 7.34. The van der Waals surface area contributed by atoms with Crippen LogP contribution in [0.5, 0.6) is 0 Å². The normalized spacial score (nSPS) is 17.0. The number of nitriles is 1. The minimum absolute atomic E-state index is 0.266. The molecule has 1 aliphatic carbocycles. The van der Waals surface area contributed by atoms with E-state index in [4.69, 9.17) is 0 Å². The second-order valence-corrected chi connectivity index (χ2v) is 5.95. The van der Waals surface area contributed by atoms with Crippen molar-refractivity contribution >= 4 is 28.2 Å². The summed E-state index contributed by atoms with van der Waals surface area (Å²) in [5, 5.41) is 12.7. The molecule has 0 aliphatic heterocycles. The number of rotatable bonds is 3. The van der Waals surface area contributed by atoms with E-state index >= 15 is 0 Å². The number of carbonyl (C=O) groups is 2. The van der Waals surface area contributed by atoms with Crippen molar-refractivity contribution in [3.63, 3.8) is 0 Å². The molecule has 0 radical (unpaired) electrons. The van der Waals surface area contributed by atoms with Gasteiger partial charge in [0.25, 0.3) is 0 Å². The van der Waals surface area contributed by atoms with Crippen LogP contribution in [0.4, 0.5) is 5.00 Å². The minimum Gasteiger partial charge on any atom is -0.465 e. The summed E-state index contributed by atoms with van der Waals surface area (Å²) >= 11 is 1.15. The van der Waals surface area contributed by atoms with Gasteiger partial charge >= 0.3 is 5.97 Å². The lowest BCUT2D eigenvalue weighted by atomic mass is 9.74. The number of carbonyl (C=O) groups excluding carboxylic acids is 2. The molecule has 0 bridgehead atoms. The van der Waals surface area contributed by atoms with Gasteiger partial charge < -0.3 is 10.1 Å². The van der Waals surface area contributed by atoms with E-state index < -0.39 is 11.4 Å². The van der Waals surface area contributed by atoms with E-state index in [9.17, 15) is 14.9 Å². The molecule has 0 unspecified atom stereocenters. The number of methoxy groups -OCH3 is 1. The van der Waals surface area contributed by atoms with Crippen molar-refractivity contribution in [1.82, 2.24) is 0 Å². The molecule has 1 aliphatic rings. The van der Waals surface area contributed by atoms with Crippen LogP contribution in [0, 0.1) is 16.7 Å². The van der Waals surface area contributed by atoms with Crippen LogP contribution in [0.2, 0.25) is 0 Å². The van der Waals surface area contributed by atoms with Crippen LogP contribution >= 0.6 is 11.3 Å². The maximum atomic E-state index is 12.3. The second kappa shape index (κ2) is 6.06. The van der Waals surface area contributed by atoms with E-state index in [-0.39, 0.29) is 5.91 Å². The van der Waals surface area contributed by atoms with Gasteiger partial charge in [0.15, 0.2) is 0 Å². The second-order valence-electron chi connectivity index (χ2n) is 4.86. The minimum atomic E-state index is -0.923. The van der Waals surface area contributed by atoms with Gasteiger partial charge in [-0.25, -0.2) is 4.79 Å². The number of anilines is 1. The fourth-order valence-electron chi connectivity index (χ4n) is 2.39. The first kappa shape index (κ1) is 14.5. The Kier molecular flexibility index (Phi) is 4.40. The van der Waals surface area contributed by atoms with Gasteiger partial charge in [-0.1, -0.05) is 19.3 Å². The lowest BCUT2D eigenvalue weighted by Gasteiger charge is -2.28. The Morgan fingerprint density at radius 1 is 1.35 bits per heavy atom. The van der Waals surface area contributed by atoms with Crippen molar-refractivity contribution in [2.45, 2.75) is 32.1 Å². The van der Waals surface area contributed by atoms with Gasteiger partial charge in [0.1, 0.15) is 10.3 Å². The van der Waals surface area contributed by atoms with Crippen LogP contribution < -0.4 is 5.32 Å². The van der Waals surface area contributed by atoms with Gasteiger partial charge in [0, 0.05) is 0 Å². The van der Waals surface area contributed by atoms with Crippen LogP contribution in [-0.4, -0.2) is 19.0 Å². The molecule has 1 saturated carbocycles. The highest BCUT2D eigenvalue weighted by atomic mass is 32.1. The zero-order chi connectivity index (χ0) is 14.6. The monoisotopic (exact) mass is 292 g/mol. The molecule has 20 heavy (non-hydrogen) atoms. The largest absolute Gasteiger partial charge is 0.465 e. The Morgan fingerprint density at radius 3 is 2.65 bits per heavy atom. The van der Waals surface area contributed by atoms with Crippen molar-refractivity contribution in [2.24, 2.45) is 5.41 Å². The first-order chi connectivity index (χ1) is 9.61. The van der Waals surface area contributed by atoms with Crippen LogP contribution in [0.3, 0.4) is 0 Å². The third-order valence-corrected chi connectivity index (χ3v) is 4.57. The highest BCUT2D eigenvalue weighted by Gasteiger charge is 2.40. The average Bonchev–Trinajstić information content (AvgIpc) is 2.95. The van der Waals surface area contributed by atoms with E-state index in [1.807, 2.05) is 0 Å². The van der Waals surface area contributed by atoms with E-state index in [0.29, 0.717) is 22.7 Å². The lowest BCUT2D eigenvalue weighted by molar-refractivity contribution is -0.124. The smallest absolute Gasteiger partial charge is 0.348 e. The molecule has 1 fully saturated rings. The van der Waals surface area contributed by atoms with Crippen LogP contribution in [0.15, 0.2) is 12.1 Å². The van der Waals surface area contributed by atoms with E-state index in [0.717, 1.165) is 30.6 Å². The molecular formula is C14H16N2O3S. The predicted octanol–water partition coefficient (Wildman–Crippen LogP) is 2.95. The Bertz CT molecular complexity index is 553. The summed E-state index contributed by atoms with van der Waals surface area (Å²) < 4.78 is 4.62. The number of nitrogens with zero attached hydrogens (tertiary/aromatic N) is 1. The molecule has 1 aromatic heterocycles. The Labute approximate surface area is 121 Å². The van der Waals surface area contributed by atoms with Crippen molar-refractivity contribution in [1.29, 1.82) is 5.26 Å². The molecular weight excluding hydrogens is 276 g/mol. The third kappa shape index (κ3) is 2.83. The summed E-state index contributed by atoms with van der Waals surface area (Å²) in [6.07, 6.45) is 4.08. The lowest BCUT2D eigenvalue weighted by Crippen LogP contribution is -2.36. The number of hydrogen-bond donors (Lipinski definition) is 1. The summed E-state index contributed by atoms with van der Waals surface area (Å²) in [7, 11) is 1.31. The van der Waals surface area contributed by atoms with Crippen molar-refractivity contribution in [3.8, 4) is 6.07 Å². The fourth-order valence-corrected chi connectivity index (χ4v) is 3.21. The average molecular weight is 292 g/mol. The third-order valence-electron chi connectivity index (χ3n) is 3.59.